The second-order valence-corrected chi connectivity index (χ2v) is 5.92. The summed E-state index contributed by atoms with van der Waals surface area (Å²) in [5, 5.41) is 3.09. The molecule has 0 unspecified atom stereocenters. The lowest BCUT2D eigenvalue weighted by atomic mass is 10.2. The minimum absolute atomic E-state index is 0.00731. The number of hydrogen-bond donors (Lipinski definition) is 1. The molecule has 1 saturated heterocycles. The maximum Gasteiger partial charge on any atom is 0.317 e. The minimum atomic E-state index is -0.407. The van der Waals surface area contributed by atoms with Crippen LogP contribution in [0.5, 0.6) is 0 Å². The Hall–Kier alpha value is -1.49. The van der Waals surface area contributed by atoms with E-state index < -0.39 is 5.82 Å². The van der Waals surface area contributed by atoms with Crippen LogP contribution in [0.15, 0.2) is 18.2 Å². The van der Waals surface area contributed by atoms with Gasteiger partial charge in [0.1, 0.15) is 5.82 Å². The third-order valence-electron chi connectivity index (χ3n) is 3.89. The van der Waals surface area contributed by atoms with Gasteiger partial charge in [-0.25, -0.2) is 9.18 Å². The molecule has 1 aliphatic heterocycles. The lowest BCUT2D eigenvalue weighted by Crippen LogP contribution is -2.52. The fourth-order valence-corrected chi connectivity index (χ4v) is 2.71. The fourth-order valence-electron chi connectivity index (χ4n) is 2.53. The predicted octanol–water partition coefficient (Wildman–Crippen LogP) is 3.50. The maximum absolute atomic E-state index is 13.2. The standard InChI is InChI=1S/C16H23ClFN3O/c1-2-3-4-7-19-16(22)21-10-8-20(9-11-21)13-5-6-15(18)14(17)12-13/h5-6,12H,2-4,7-11H2,1H3,(H,19,22). The normalized spacial score (nSPS) is 15.0. The summed E-state index contributed by atoms with van der Waals surface area (Å²) in [6, 6.07) is 4.75. The summed E-state index contributed by atoms with van der Waals surface area (Å²) >= 11 is 5.82. The van der Waals surface area contributed by atoms with Crippen LogP contribution in [-0.4, -0.2) is 43.7 Å². The lowest BCUT2D eigenvalue weighted by molar-refractivity contribution is 0.194. The first kappa shape index (κ1) is 16.9. The number of unbranched alkanes of at least 4 members (excludes halogenated alkanes) is 2. The molecule has 1 heterocycles. The van der Waals surface area contributed by atoms with E-state index in [1.807, 2.05) is 4.90 Å². The van der Waals surface area contributed by atoms with Gasteiger partial charge in [-0.2, -0.15) is 0 Å². The van der Waals surface area contributed by atoms with Crippen molar-refractivity contribution in [2.75, 3.05) is 37.6 Å². The molecule has 1 aromatic rings. The van der Waals surface area contributed by atoms with Crippen LogP contribution in [-0.2, 0) is 0 Å². The first-order valence-electron chi connectivity index (χ1n) is 7.84. The topological polar surface area (TPSA) is 35.6 Å². The van der Waals surface area contributed by atoms with Crippen LogP contribution in [0.25, 0.3) is 0 Å². The minimum Gasteiger partial charge on any atom is -0.368 e. The summed E-state index contributed by atoms with van der Waals surface area (Å²) in [6.07, 6.45) is 3.31. The van der Waals surface area contributed by atoms with E-state index in [0.29, 0.717) is 13.1 Å². The van der Waals surface area contributed by atoms with Gasteiger partial charge in [-0.15, -0.1) is 0 Å². The van der Waals surface area contributed by atoms with Crippen molar-refractivity contribution in [3.05, 3.63) is 29.0 Å². The third-order valence-corrected chi connectivity index (χ3v) is 4.18. The maximum atomic E-state index is 13.2. The molecule has 0 saturated carbocycles. The molecule has 6 heteroatoms. The SMILES string of the molecule is CCCCCNC(=O)N1CCN(c2ccc(F)c(Cl)c2)CC1. The second kappa shape index (κ2) is 8.22. The number of carbonyl (C=O) groups excluding carboxylic acids is 1. The average molecular weight is 328 g/mol. The molecule has 0 aromatic heterocycles. The van der Waals surface area contributed by atoms with Crippen molar-refractivity contribution in [3.63, 3.8) is 0 Å². The summed E-state index contributed by atoms with van der Waals surface area (Å²) < 4.78 is 13.2. The number of anilines is 1. The largest absolute Gasteiger partial charge is 0.368 e. The van der Waals surface area contributed by atoms with Gasteiger partial charge in [-0.05, 0) is 24.6 Å². The van der Waals surface area contributed by atoms with E-state index in [4.69, 9.17) is 11.6 Å². The number of urea groups is 1. The highest BCUT2D eigenvalue weighted by molar-refractivity contribution is 6.31. The fraction of sp³-hybridized carbons (Fsp3) is 0.562. The summed E-state index contributed by atoms with van der Waals surface area (Å²) in [6.45, 7) is 5.65. The van der Waals surface area contributed by atoms with Gasteiger partial charge in [0.05, 0.1) is 5.02 Å². The van der Waals surface area contributed by atoms with Crippen molar-refractivity contribution in [3.8, 4) is 0 Å². The Morgan fingerprint density at radius 3 is 2.64 bits per heavy atom. The Bertz CT molecular complexity index is 504. The first-order chi connectivity index (χ1) is 10.6. The average Bonchev–Trinajstić information content (AvgIpc) is 2.54. The summed E-state index contributed by atoms with van der Waals surface area (Å²) in [5.41, 5.74) is 0.898. The Kier molecular flexibility index (Phi) is 6.31. The molecule has 2 amide bonds. The van der Waals surface area contributed by atoms with E-state index in [1.165, 1.54) is 6.07 Å². The van der Waals surface area contributed by atoms with Gasteiger partial charge >= 0.3 is 6.03 Å². The number of halogens is 2. The number of nitrogens with zero attached hydrogens (tertiary/aromatic N) is 2. The Labute approximate surface area is 136 Å². The molecule has 1 N–H and O–H groups in total. The highest BCUT2D eigenvalue weighted by atomic mass is 35.5. The first-order valence-corrected chi connectivity index (χ1v) is 8.22. The lowest BCUT2D eigenvalue weighted by Gasteiger charge is -2.36. The van der Waals surface area contributed by atoms with E-state index in [1.54, 1.807) is 12.1 Å². The highest BCUT2D eigenvalue weighted by Crippen LogP contribution is 2.23. The zero-order valence-corrected chi connectivity index (χ0v) is 13.7. The van der Waals surface area contributed by atoms with E-state index in [9.17, 15) is 9.18 Å². The molecule has 0 bridgehead atoms. The number of nitrogens with one attached hydrogen (secondary N) is 1. The smallest absolute Gasteiger partial charge is 0.317 e. The van der Waals surface area contributed by atoms with Gasteiger partial charge in [-0.3, -0.25) is 0 Å². The summed E-state index contributed by atoms with van der Waals surface area (Å²) in [4.78, 5) is 16.0. The number of amides is 2. The zero-order valence-electron chi connectivity index (χ0n) is 12.9. The molecule has 0 radical (unpaired) electrons. The van der Waals surface area contributed by atoms with E-state index >= 15 is 0 Å². The van der Waals surface area contributed by atoms with Gasteiger partial charge in [0, 0.05) is 38.4 Å². The second-order valence-electron chi connectivity index (χ2n) is 5.51. The van der Waals surface area contributed by atoms with Crippen LogP contribution >= 0.6 is 11.6 Å². The number of rotatable bonds is 5. The van der Waals surface area contributed by atoms with Crippen molar-refractivity contribution >= 4 is 23.3 Å². The Balaban J connectivity index is 1.79. The van der Waals surface area contributed by atoms with Gasteiger partial charge in [0.15, 0.2) is 0 Å². The van der Waals surface area contributed by atoms with Crippen LogP contribution in [0.2, 0.25) is 5.02 Å². The van der Waals surface area contributed by atoms with Crippen LogP contribution in [0.1, 0.15) is 26.2 Å². The molecule has 0 spiro atoms. The predicted molar refractivity (Wildman–Crippen MR) is 88.1 cm³/mol. The van der Waals surface area contributed by atoms with Crippen molar-refractivity contribution in [1.82, 2.24) is 10.2 Å². The van der Waals surface area contributed by atoms with Gasteiger partial charge in [0.25, 0.3) is 0 Å². The highest BCUT2D eigenvalue weighted by Gasteiger charge is 2.21. The molecule has 1 fully saturated rings. The van der Waals surface area contributed by atoms with Crippen molar-refractivity contribution in [2.24, 2.45) is 0 Å². The van der Waals surface area contributed by atoms with Crippen molar-refractivity contribution in [2.45, 2.75) is 26.2 Å². The number of hydrogen-bond acceptors (Lipinski definition) is 2. The summed E-state index contributed by atoms with van der Waals surface area (Å²) in [5.74, 6) is -0.407. The molecular formula is C16H23ClFN3O. The number of benzene rings is 1. The number of carbonyl (C=O) groups is 1. The molecular weight excluding hydrogens is 305 g/mol. The monoisotopic (exact) mass is 327 g/mol. The van der Waals surface area contributed by atoms with Crippen molar-refractivity contribution < 1.29 is 9.18 Å². The third kappa shape index (κ3) is 4.50. The Morgan fingerprint density at radius 1 is 1.27 bits per heavy atom. The van der Waals surface area contributed by atoms with Crippen LogP contribution < -0.4 is 10.2 Å². The molecule has 0 atom stereocenters. The molecule has 0 aliphatic carbocycles. The zero-order chi connectivity index (χ0) is 15.9. The quantitative estimate of drug-likeness (QED) is 0.840. The van der Waals surface area contributed by atoms with Gasteiger partial charge in [-0.1, -0.05) is 31.4 Å². The molecule has 2 rings (SSSR count). The molecule has 22 heavy (non-hydrogen) atoms. The van der Waals surface area contributed by atoms with Gasteiger partial charge < -0.3 is 15.1 Å². The van der Waals surface area contributed by atoms with Crippen LogP contribution in [0, 0.1) is 5.82 Å². The number of piperazine rings is 1. The van der Waals surface area contributed by atoms with E-state index in [2.05, 4.69) is 17.1 Å². The van der Waals surface area contributed by atoms with E-state index in [-0.39, 0.29) is 11.1 Å². The van der Waals surface area contributed by atoms with E-state index in [0.717, 1.165) is 44.6 Å². The molecule has 4 nitrogen and oxygen atoms in total. The van der Waals surface area contributed by atoms with Gasteiger partial charge in [0.2, 0.25) is 0 Å². The molecule has 1 aliphatic rings. The summed E-state index contributed by atoms with van der Waals surface area (Å²) in [7, 11) is 0. The van der Waals surface area contributed by atoms with Crippen LogP contribution in [0.3, 0.4) is 0 Å². The van der Waals surface area contributed by atoms with Crippen molar-refractivity contribution in [1.29, 1.82) is 0 Å². The molecule has 1 aromatic carbocycles. The Morgan fingerprint density at radius 2 is 2.00 bits per heavy atom. The molecule has 122 valence electrons. The van der Waals surface area contributed by atoms with Crippen LogP contribution in [0.4, 0.5) is 14.9 Å².